The van der Waals surface area contributed by atoms with Gasteiger partial charge in [-0.05, 0) is 106 Å². The van der Waals surface area contributed by atoms with Crippen molar-refractivity contribution in [3.63, 3.8) is 0 Å². The van der Waals surface area contributed by atoms with E-state index in [4.69, 9.17) is 9.98 Å². The topological polar surface area (TPSA) is 41.3 Å². The largest absolute Gasteiger partial charge is 0.272 e. The summed E-state index contributed by atoms with van der Waals surface area (Å²) in [4.78, 5) is 10.4. The number of nitrogens with zero attached hydrogens (tertiary/aromatic N) is 2. The van der Waals surface area contributed by atoms with Crippen molar-refractivity contribution in [1.29, 1.82) is 0 Å². The lowest BCUT2D eigenvalue weighted by Gasteiger charge is -2.20. The first kappa shape index (κ1) is 37.5. The van der Waals surface area contributed by atoms with E-state index in [-0.39, 0.29) is 6.17 Å². The van der Waals surface area contributed by atoms with Gasteiger partial charge in [0.05, 0.1) is 5.56 Å². The van der Waals surface area contributed by atoms with Gasteiger partial charge in [0.1, 0.15) is 0 Å². The molecule has 11 aromatic rings. The van der Waals surface area contributed by atoms with Crippen molar-refractivity contribution >= 4 is 54.8 Å². The van der Waals surface area contributed by atoms with Gasteiger partial charge in [-0.15, -0.1) is 0 Å². The van der Waals surface area contributed by atoms with E-state index in [9.17, 15) is 0 Å². The van der Waals surface area contributed by atoms with Crippen LogP contribution in [0.5, 0.6) is 0 Å². The molecule has 0 amide bonds. The summed E-state index contributed by atoms with van der Waals surface area (Å²) >= 11 is 0. The van der Waals surface area contributed by atoms with E-state index in [1.54, 1.807) is 0 Å². The molecule has 1 unspecified atom stereocenters. The van der Waals surface area contributed by atoms with Crippen molar-refractivity contribution < 1.29 is 5.32 Å². The highest BCUT2D eigenvalue weighted by Crippen LogP contribution is 2.41. The Labute approximate surface area is 372 Å². The van der Waals surface area contributed by atoms with Gasteiger partial charge in [0.2, 0.25) is 12.0 Å². The fourth-order valence-corrected chi connectivity index (χ4v) is 9.65. The molecule has 0 saturated carbocycles. The summed E-state index contributed by atoms with van der Waals surface area (Å²) in [5, 5.41) is 12.4. The minimum Gasteiger partial charge on any atom is -0.272 e. The standard InChI is InChI=1S/C61H41N3/c1-3-14-40(15-4-1)41-28-32-46(33-29-41)60-62-59(45-17-5-2-6-18-45)63-61(64-60)49-20-13-19-48(38-49)51-36-34-43-16-7-8-21-50(43)58(51)44-30-26-42(27-31-44)47-35-37-56-54-24-10-9-22-52(54)53-23-11-12-25-55(53)57(56)39-47/h1-39,60H,(H,62,63,64)/p+1. The average Bonchev–Trinajstić information content (AvgIpc) is 3.39. The molecule has 0 fully saturated rings. The number of nitrogens with two attached hydrogens (primary N) is 1. The molecule has 1 aliphatic heterocycles. The van der Waals surface area contributed by atoms with Crippen LogP contribution in [-0.2, 0) is 0 Å². The molecule has 0 aliphatic carbocycles. The van der Waals surface area contributed by atoms with Crippen molar-refractivity contribution in [2.75, 3.05) is 0 Å². The van der Waals surface area contributed by atoms with Gasteiger partial charge in [0, 0.05) is 11.1 Å². The first-order valence-electron chi connectivity index (χ1n) is 22.0. The third-order valence-electron chi connectivity index (χ3n) is 12.8. The number of fused-ring (bicyclic) bond motifs is 7. The van der Waals surface area contributed by atoms with Crippen LogP contribution < -0.4 is 5.32 Å². The van der Waals surface area contributed by atoms with Crippen molar-refractivity contribution in [3.8, 4) is 44.5 Å². The van der Waals surface area contributed by atoms with Crippen LogP contribution in [0.2, 0.25) is 0 Å². The fourth-order valence-electron chi connectivity index (χ4n) is 9.65. The minimum atomic E-state index is -0.188. The zero-order valence-corrected chi connectivity index (χ0v) is 35.1. The van der Waals surface area contributed by atoms with Gasteiger partial charge in [-0.1, -0.05) is 218 Å². The average molecular weight is 817 g/mol. The van der Waals surface area contributed by atoms with Gasteiger partial charge in [0.25, 0.3) is 0 Å². The van der Waals surface area contributed by atoms with E-state index in [0.29, 0.717) is 0 Å². The molecule has 1 heterocycles. The highest BCUT2D eigenvalue weighted by atomic mass is 15.2. The van der Waals surface area contributed by atoms with Gasteiger partial charge in [-0.3, -0.25) is 5.32 Å². The van der Waals surface area contributed by atoms with E-state index in [1.807, 2.05) is 6.07 Å². The van der Waals surface area contributed by atoms with E-state index in [1.165, 1.54) is 82.0 Å². The van der Waals surface area contributed by atoms with Crippen molar-refractivity contribution in [3.05, 3.63) is 253 Å². The summed E-state index contributed by atoms with van der Waals surface area (Å²) in [6.45, 7) is 0. The maximum Gasteiger partial charge on any atom is 0.235 e. The van der Waals surface area contributed by atoms with Gasteiger partial charge in [-0.25, -0.2) is 4.99 Å². The molecule has 0 bridgehead atoms. The smallest absolute Gasteiger partial charge is 0.235 e. The first-order chi connectivity index (χ1) is 31.7. The van der Waals surface area contributed by atoms with E-state index >= 15 is 0 Å². The van der Waals surface area contributed by atoms with Crippen LogP contribution in [0.15, 0.2) is 247 Å². The number of rotatable bonds is 7. The molecule has 1 aliphatic rings. The molecule has 0 radical (unpaired) electrons. The maximum absolute atomic E-state index is 5.23. The third-order valence-corrected chi connectivity index (χ3v) is 12.8. The Morgan fingerprint density at radius 2 is 0.812 bits per heavy atom. The second kappa shape index (κ2) is 15.9. The van der Waals surface area contributed by atoms with Crippen LogP contribution in [0.25, 0.3) is 87.6 Å². The SMILES string of the molecule is c1ccc(C2=NC(c3ccc(-c4ccccc4)cc3)[NH2+]C(c3cccc(-c4ccc5ccccc5c4-c4ccc(-c5ccc6c7ccccc7c7ccccc7c6c5)cc4)c3)=N2)cc1. The minimum absolute atomic E-state index is 0.188. The lowest BCUT2D eigenvalue weighted by atomic mass is 9.88. The summed E-state index contributed by atoms with van der Waals surface area (Å²) in [6, 6.07) is 85.4. The molecule has 300 valence electrons. The van der Waals surface area contributed by atoms with Gasteiger partial charge < -0.3 is 0 Å². The predicted octanol–water partition coefficient (Wildman–Crippen LogP) is 14.4. The molecular weight excluding hydrogens is 775 g/mol. The zero-order valence-electron chi connectivity index (χ0n) is 35.1. The first-order valence-corrected chi connectivity index (χ1v) is 22.0. The lowest BCUT2D eigenvalue weighted by Crippen LogP contribution is -2.90. The van der Waals surface area contributed by atoms with Crippen LogP contribution in [0.3, 0.4) is 0 Å². The van der Waals surface area contributed by atoms with Crippen molar-refractivity contribution in [2.24, 2.45) is 9.98 Å². The van der Waals surface area contributed by atoms with Crippen LogP contribution in [-0.4, -0.2) is 11.7 Å². The summed E-state index contributed by atoms with van der Waals surface area (Å²) in [6.07, 6.45) is -0.188. The zero-order chi connectivity index (χ0) is 42.4. The summed E-state index contributed by atoms with van der Waals surface area (Å²) in [5.41, 5.74) is 12.7. The molecule has 0 aromatic heterocycles. The molecule has 0 spiro atoms. The number of amidine groups is 2. The maximum atomic E-state index is 5.23. The summed E-state index contributed by atoms with van der Waals surface area (Å²) < 4.78 is 0. The highest BCUT2D eigenvalue weighted by molar-refractivity contribution is 6.25. The molecular formula is C61H42N3+. The predicted molar refractivity (Wildman–Crippen MR) is 269 cm³/mol. The molecule has 1 atom stereocenters. The Balaban J connectivity index is 0.922. The monoisotopic (exact) mass is 816 g/mol. The van der Waals surface area contributed by atoms with Crippen molar-refractivity contribution in [1.82, 2.24) is 0 Å². The molecule has 11 aromatic carbocycles. The van der Waals surface area contributed by atoms with Gasteiger partial charge in [-0.2, -0.15) is 4.99 Å². The van der Waals surface area contributed by atoms with Gasteiger partial charge in [0.15, 0.2) is 5.84 Å². The molecule has 3 heteroatoms. The van der Waals surface area contributed by atoms with Crippen LogP contribution in [0, 0.1) is 0 Å². The quantitative estimate of drug-likeness (QED) is 0.156. The molecule has 0 saturated heterocycles. The van der Waals surface area contributed by atoms with Crippen molar-refractivity contribution in [2.45, 2.75) is 6.17 Å². The summed E-state index contributed by atoms with van der Waals surface area (Å²) in [5.74, 6) is 1.65. The Morgan fingerprint density at radius 1 is 0.312 bits per heavy atom. The molecule has 64 heavy (non-hydrogen) atoms. The molecule has 12 rings (SSSR count). The number of quaternary nitrogens is 1. The Hall–Kier alpha value is -8.24. The van der Waals surface area contributed by atoms with E-state index in [2.05, 4.69) is 236 Å². The van der Waals surface area contributed by atoms with E-state index in [0.717, 1.165) is 33.9 Å². The third kappa shape index (κ3) is 6.76. The molecule has 2 N–H and O–H groups in total. The van der Waals surface area contributed by atoms with Gasteiger partial charge >= 0.3 is 0 Å². The summed E-state index contributed by atoms with van der Waals surface area (Å²) in [7, 11) is 0. The van der Waals surface area contributed by atoms with Crippen LogP contribution >= 0.6 is 0 Å². The second-order valence-corrected chi connectivity index (χ2v) is 16.6. The fraction of sp³-hybridized carbons (Fsp3) is 0.0164. The lowest BCUT2D eigenvalue weighted by molar-refractivity contribution is -0.586. The number of hydrogen-bond acceptors (Lipinski definition) is 2. The number of hydrogen-bond donors (Lipinski definition) is 1. The van der Waals surface area contributed by atoms with Crippen LogP contribution in [0.1, 0.15) is 22.9 Å². The number of benzene rings is 11. The second-order valence-electron chi connectivity index (χ2n) is 16.6. The van der Waals surface area contributed by atoms with E-state index < -0.39 is 0 Å². The normalized spacial score (nSPS) is 13.9. The Bertz CT molecular complexity index is 3570. The molecule has 3 nitrogen and oxygen atoms in total. The Morgan fingerprint density at radius 3 is 1.52 bits per heavy atom. The highest BCUT2D eigenvalue weighted by Gasteiger charge is 2.26. The number of aliphatic imine (C=N–C) groups is 2. The van der Waals surface area contributed by atoms with Crippen LogP contribution in [0.4, 0.5) is 0 Å². The Kier molecular flexibility index (Phi) is 9.32.